The van der Waals surface area contributed by atoms with E-state index >= 15 is 0 Å². The van der Waals surface area contributed by atoms with Gasteiger partial charge in [0.2, 0.25) is 0 Å². The van der Waals surface area contributed by atoms with Gasteiger partial charge >= 0.3 is 0 Å². The van der Waals surface area contributed by atoms with E-state index in [9.17, 15) is 9.50 Å². The van der Waals surface area contributed by atoms with Crippen LogP contribution in [0, 0.1) is 12.7 Å². The van der Waals surface area contributed by atoms with Gasteiger partial charge in [0.15, 0.2) is 0 Å². The van der Waals surface area contributed by atoms with Crippen LogP contribution in [-0.2, 0) is 31.0 Å². The number of rotatable bonds is 8. The van der Waals surface area contributed by atoms with Crippen molar-refractivity contribution in [3.05, 3.63) is 82.3 Å². The molecule has 3 aromatic heterocycles. The molecule has 0 unspecified atom stereocenters. The summed E-state index contributed by atoms with van der Waals surface area (Å²) < 4.78 is 26.7. The maximum Gasteiger partial charge on any atom is 0.147 e. The highest BCUT2D eigenvalue weighted by Crippen LogP contribution is 2.34. The van der Waals surface area contributed by atoms with E-state index in [2.05, 4.69) is 37.2 Å². The number of benzene rings is 1. The number of aliphatic hydroxyl groups excluding tert-OH is 1. The minimum absolute atomic E-state index is 0.0827. The van der Waals surface area contributed by atoms with Crippen LogP contribution >= 0.6 is 11.6 Å². The summed E-state index contributed by atoms with van der Waals surface area (Å²) in [7, 11) is 1.68. The molecule has 1 atom stereocenters. The molecular formula is C26H27ClFN5O3. The number of halogens is 2. The number of nitrogens with one attached hydrogen (secondary N) is 1. The van der Waals surface area contributed by atoms with E-state index < -0.39 is 0 Å². The smallest absolute Gasteiger partial charge is 0.147 e. The quantitative estimate of drug-likeness (QED) is 0.347. The first-order valence-corrected chi connectivity index (χ1v) is 12.0. The van der Waals surface area contributed by atoms with Crippen LogP contribution < -0.4 is 5.32 Å². The lowest BCUT2D eigenvalue weighted by Crippen LogP contribution is -2.44. The Labute approximate surface area is 213 Å². The summed E-state index contributed by atoms with van der Waals surface area (Å²) in [6.45, 7) is 4.09. The van der Waals surface area contributed by atoms with Gasteiger partial charge in [0, 0.05) is 56.0 Å². The maximum atomic E-state index is 14.0. The second-order valence-corrected chi connectivity index (χ2v) is 9.35. The number of nitrogens with zero attached hydrogens (tertiary/aromatic N) is 4. The Morgan fingerprint density at radius 1 is 1.28 bits per heavy atom. The maximum absolute atomic E-state index is 14.0. The first-order chi connectivity index (χ1) is 17.4. The number of pyridine rings is 1. The van der Waals surface area contributed by atoms with E-state index in [0.717, 1.165) is 39.3 Å². The number of aliphatic hydroxyl groups is 1. The van der Waals surface area contributed by atoms with Crippen molar-refractivity contribution in [1.82, 2.24) is 19.6 Å². The molecule has 0 saturated heterocycles. The molecule has 0 bridgehead atoms. The lowest BCUT2D eigenvalue weighted by atomic mass is 10.0. The molecule has 0 spiro atoms. The molecule has 8 nitrogen and oxygen atoms in total. The molecular weight excluding hydrogens is 485 g/mol. The second kappa shape index (κ2) is 10.4. The molecule has 188 valence electrons. The molecule has 36 heavy (non-hydrogen) atoms. The summed E-state index contributed by atoms with van der Waals surface area (Å²) >= 11 is 6.55. The van der Waals surface area contributed by atoms with Crippen LogP contribution in [0.2, 0.25) is 5.02 Å². The molecule has 10 heteroatoms. The average molecular weight is 512 g/mol. The van der Waals surface area contributed by atoms with Gasteiger partial charge in [-0.2, -0.15) is 0 Å². The third-order valence-corrected chi connectivity index (χ3v) is 6.83. The van der Waals surface area contributed by atoms with Crippen LogP contribution in [-0.4, -0.2) is 44.5 Å². The number of ether oxygens (including phenoxy) is 1. The molecule has 4 aromatic rings. The zero-order valence-corrected chi connectivity index (χ0v) is 20.8. The highest BCUT2D eigenvalue weighted by Gasteiger charge is 2.28. The third kappa shape index (κ3) is 5.01. The van der Waals surface area contributed by atoms with Crippen molar-refractivity contribution in [3.8, 4) is 11.1 Å². The summed E-state index contributed by atoms with van der Waals surface area (Å²) in [6, 6.07) is 8.61. The Morgan fingerprint density at radius 2 is 2.14 bits per heavy atom. The van der Waals surface area contributed by atoms with Gasteiger partial charge in [-0.15, -0.1) is 0 Å². The zero-order chi connectivity index (χ0) is 25.2. The lowest BCUT2D eigenvalue weighted by molar-refractivity contribution is 0.0536. The number of methoxy groups -OCH3 is 1. The minimum Gasteiger partial charge on any atom is -0.392 e. The molecule has 5 rings (SSSR count). The monoisotopic (exact) mass is 511 g/mol. The Balaban J connectivity index is 1.43. The van der Waals surface area contributed by atoms with Gasteiger partial charge in [0.05, 0.1) is 24.3 Å². The first kappa shape index (κ1) is 24.5. The zero-order valence-electron chi connectivity index (χ0n) is 20.0. The molecule has 0 radical (unpaired) electrons. The fraction of sp³-hybridized carbons (Fsp3) is 0.308. The first-order valence-electron chi connectivity index (χ1n) is 11.6. The number of aryl methyl sites for hydroxylation is 1. The highest BCUT2D eigenvalue weighted by molar-refractivity contribution is 6.33. The molecule has 4 heterocycles. The lowest BCUT2D eigenvalue weighted by Gasteiger charge is -2.36. The number of hydrogen-bond donors (Lipinski definition) is 2. The van der Waals surface area contributed by atoms with Gasteiger partial charge in [-0.3, -0.25) is 4.90 Å². The highest BCUT2D eigenvalue weighted by atomic mass is 35.5. The summed E-state index contributed by atoms with van der Waals surface area (Å²) in [5, 5.41) is 17.4. The molecule has 1 aromatic carbocycles. The Bertz CT molecular complexity index is 1370. The summed E-state index contributed by atoms with van der Waals surface area (Å²) in [6.07, 6.45) is 5.25. The number of hydrogen-bond acceptors (Lipinski definition) is 7. The van der Waals surface area contributed by atoms with Gasteiger partial charge in [-0.05, 0) is 42.3 Å². The number of fused-ring (bicyclic) bond motifs is 1. The van der Waals surface area contributed by atoms with Crippen molar-refractivity contribution in [2.45, 2.75) is 39.2 Å². The second-order valence-electron chi connectivity index (χ2n) is 8.95. The Morgan fingerprint density at radius 3 is 2.89 bits per heavy atom. The number of anilines is 2. The van der Waals surface area contributed by atoms with Crippen LogP contribution in [0.1, 0.15) is 22.5 Å². The summed E-state index contributed by atoms with van der Waals surface area (Å²) in [4.78, 5) is 6.64. The average Bonchev–Trinajstić information content (AvgIpc) is 3.46. The van der Waals surface area contributed by atoms with E-state index in [4.69, 9.17) is 20.9 Å². The third-order valence-electron chi connectivity index (χ3n) is 6.53. The largest absolute Gasteiger partial charge is 0.392 e. The molecule has 0 saturated carbocycles. The van der Waals surface area contributed by atoms with Crippen molar-refractivity contribution in [2.75, 3.05) is 19.0 Å². The normalized spacial score (nSPS) is 15.8. The van der Waals surface area contributed by atoms with Crippen molar-refractivity contribution in [2.24, 2.45) is 0 Å². The Kier molecular flexibility index (Phi) is 7.06. The SMILES string of the molecule is COC[C@H]1Cn2cc(-c3cc(Nc4conc4C)ncc3Cl)cc2CN1Cc1cc(F)ccc1CO. The molecule has 0 aliphatic carbocycles. The predicted octanol–water partition coefficient (Wildman–Crippen LogP) is 4.91. The van der Waals surface area contributed by atoms with E-state index in [1.165, 1.54) is 18.4 Å². The topological polar surface area (TPSA) is 88.6 Å². The fourth-order valence-corrected chi connectivity index (χ4v) is 4.83. The van der Waals surface area contributed by atoms with Gasteiger partial charge in [-0.25, -0.2) is 9.37 Å². The number of aromatic nitrogens is 3. The van der Waals surface area contributed by atoms with E-state index in [0.29, 0.717) is 37.1 Å². The molecule has 0 fully saturated rings. The van der Waals surface area contributed by atoms with Gasteiger partial charge in [-0.1, -0.05) is 22.8 Å². The molecule has 1 aliphatic heterocycles. The van der Waals surface area contributed by atoms with Crippen LogP contribution in [0.15, 0.2) is 53.5 Å². The predicted molar refractivity (Wildman–Crippen MR) is 134 cm³/mol. The minimum atomic E-state index is -0.314. The van der Waals surface area contributed by atoms with Crippen molar-refractivity contribution in [3.63, 3.8) is 0 Å². The van der Waals surface area contributed by atoms with E-state index in [-0.39, 0.29) is 18.5 Å². The van der Waals surface area contributed by atoms with Crippen molar-refractivity contribution in [1.29, 1.82) is 0 Å². The van der Waals surface area contributed by atoms with E-state index in [1.807, 2.05) is 13.0 Å². The van der Waals surface area contributed by atoms with Gasteiger partial charge in [0.25, 0.3) is 0 Å². The Hall–Kier alpha value is -3.24. The summed E-state index contributed by atoms with van der Waals surface area (Å²) in [5.74, 6) is 0.317. The van der Waals surface area contributed by atoms with Crippen LogP contribution in [0.25, 0.3) is 11.1 Å². The standard InChI is InChI=1S/C26H27ClFN5O3/c1-16-25(15-36-31-16)30-26-7-23(24(27)8-29-26)19-6-21-11-33(22(14-35-2)12-32(21)10-19)9-18-5-20(28)4-3-17(18)13-34/h3-8,10,15,22,34H,9,11-14H2,1-2H3,(H,29,30)/t22-/m1/s1. The van der Waals surface area contributed by atoms with Crippen LogP contribution in [0.3, 0.4) is 0 Å². The van der Waals surface area contributed by atoms with E-state index in [1.54, 1.807) is 19.4 Å². The van der Waals surface area contributed by atoms with Crippen molar-refractivity contribution < 1.29 is 18.8 Å². The molecule has 2 N–H and O–H groups in total. The molecule has 1 aliphatic rings. The summed E-state index contributed by atoms with van der Waals surface area (Å²) in [5.41, 5.74) is 5.91. The van der Waals surface area contributed by atoms with Gasteiger partial charge in [0.1, 0.15) is 29.3 Å². The fourth-order valence-electron chi connectivity index (χ4n) is 4.61. The molecule has 0 amide bonds. The van der Waals surface area contributed by atoms with Gasteiger partial charge < -0.3 is 24.3 Å². The van der Waals surface area contributed by atoms with Crippen LogP contribution in [0.4, 0.5) is 15.9 Å². The van der Waals surface area contributed by atoms with Crippen LogP contribution in [0.5, 0.6) is 0 Å². The van der Waals surface area contributed by atoms with Crippen molar-refractivity contribution >= 4 is 23.1 Å².